The van der Waals surface area contributed by atoms with Crippen LogP contribution in [0.1, 0.15) is 42.5 Å². The highest BCUT2D eigenvalue weighted by Gasteiger charge is 2.11. The van der Waals surface area contributed by atoms with E-state index >= 15 is 0 Å². The normalized spacial score (nSPS) is 12.4. The molecule has 0 fully saturated rings. The Balaban J connectivity index is 2.13. The molecule has 2 heterocycles. The number of anilines is 2. The molecule has 0 spiro atoms. The first-order valence-corrected chi connectivity index (χ1v) is 7.28. The van der Waals surface area contributed by atoms with Gasteiger partial charge in [-0.25, -0.2) is 15.0 Å². The van der Waals surface area contributed by atoms with Crippen LogP contribution in [-0.2, 0) is 12.8 Å². The summed E-state index contributed by atoms with van der Waals surface area (Å²) in [5, 5.41) is 4.39. The summed E-state index contributed by atoms with van der Waals surface area (Å²) >= 11 is 1.73. The van der Waals surface area contributed by atoms with Gasteiger partial charge in [0.25, 0.3) is 0 Å². The van der Waals surface area contributed by atoms with E-state index in [4.69, 9.17) is 5.73 Å². The molecule has 0 amide bonds. The third kappa shape index (κ3) is 3.41. The smallest absolute Gasteiger partial charge is 0.132 e. The van der Waals surface area contributed by atoms with Crippen LogP contribution in [0.4, 0.5) is 11.6 Å². The Morgan fingerprint density at radius 1 is 1.32 bits per heavy atom. The fourth-order valence-corrected chi connectivity index (χ4v) is 2.58. The van der Waals surface area contributed by atoms with Gasteiger partial charge >= 0.3 is 0 Å². The van der Waals surface area contributed by atoms with Crippen LogP contribution in [0.3, 0.4) is 0 Å². The molecule has 19 heavy (non-hydrogen) atoms. The van der Waals surface area contributed by atoms with E-state index in [1.807, 2.05) is 13.1 Å². The van der Waals surface area contributed by atoms with E-state index in [-0.39, 0.29) is 6.04 Å². The van der Waals surface area contributed by atoms with E-state index < -0.39 is 0 Å². The van der Waals surface area contributed by atoms with Crippen molar-refractivity contribution in [3.8, 4) is 0 Å². The average molecular weight is 277 g/mol. The molecular formula is C13H19N5S. The molecule has 2 rings (SSSR count). The first-order chi connectivity index (χ1) is 9.12. The first kappa shape index (κ1) is 13.7. The lowest BCUT2D eigenvalue weighted by Crippen LogP contribution is -2.10. The van der Waals surface area contributed by atoms with Gasteiger partial charge in [0.05, 0.1) is 6.04 Å². The zero-order valence-electron chi connectivity index (χ0n) is 11.5. The molecule has 3 N–H and O–H groups in total. The van der Waals surface area contributed by atoms with Crippen molar-refractivity contribution in [3.05, 3.63) is 28.0 Å². The Kier molecular flexibility index (Phi) is 4.31. The predicted octanol–water partition coefficient (Wildman–Crippen LogP) is 2.81. The van der Waals surface area contributed by atoms with Crippen molar-refractivity contribution in [1.82, 2.24) is 15.0 Å². The van der Waals surface area contributed by atoms with Crippen LogP contribution < -0.4 is 11.1 Å². The lowest BCUT2D eigenvalue weighted by Gasteiger charge is -2.12. The van der Waals surface area contributed by atoms with Crippen molar-refractivity contribution >= 4 is 23.0 Å². The molecule has 102 valence electrons. The zero-order chi connectivity index (χ0) is 13.8. The number of hydrogen-bond donors (Lipinski definition) is 2. The van der Waals surface area contributed by atoms with E-state index in [0.717, 1.165) is 29.5 Å². The predicted molar refractivity (Wildman–Crippen MR) is 79.4 cm³/mol. The lowest BCUT2D eigenvalue weighted by molar-refractivity contribution is 0.847. The molecule has 0 bridgehead atoms. The second-order valence-electron chi connectivity index (χ2n) is 4.33. The van der Waals surface area contributed by atoms with Gasteiger partial charge < -0.3 is 11.1 Å². The van der Waals surface area contributed by atoms with Crippen molar-refractivity contribution in [2.24, 2.45) is 0 Å². The Bertz CT molecular complexity index is 552. The molecule has 2 aromatic rings. The third-order valence-corrected chi connectivity index (χ3v) is 4.09. The molecule has 0 saturated heterocycles. The minimum Gasteiger partial charge on any atom is -0.384 e. The standard InChI is InChI=1S/C13H19N5S/c1-4-9-7-15-13(19-9)8(3)16-12-6-10(14)17-11(5-2)18-12/h6-8H,4-5H2,1-3H3,(H3,14,16,17,18). The number of thiazole rings is 1. The average Bonchev–Trinajstić information content (AvgIpc) is 2.86. The van der Waals surface area contributed by atoms with Crippen molar-refractivity contribution in [2.45, 2.75) is 39.7 Å². The summed E-state index contributed by atoms with van der Waals surface area (Å²) in [6.07, 6.45) is 3.72. The summed E-state index contributed by atoms with van der Waals surface area (Å²) in [5.74, 6) is 2.00. The number of nitrogens with one attached hydrogen (secondary N) is 1. The second kappa shape index (κ2) is 5.97. The fourth-order valence-electron chi connectivity index (χ4n) is 1.72. The molecule has 1 atom stereocenters. The Labute approximate surface area is 117 Å². The molecule has 5 nitrogen and oxygen atoms in total. The Hall–Kier alpha value is -1.69. The molecule has 0 aromatic carbocycles. The van der Waals surface area contributed by atoms with Gasteiger partial charge in [-0.3, -0.25) is 0 Å². The number of nitrogen functional groups attached to an aromatic ring is 1. The van der Waals surface area contributed by atoms with Gasteiger partial charge in [0.15, 0.2) is 0 Å². The molecule has 0 aliphatic carbocycles. The minimum atomic E-state index is 0.115. The number of aryl methyl sites for hydroxylation is 2. The first-order valence-electron chi connectivity index (χ1n) is 6.47. The lowest BCUT2D eigenvalue weighted by atomic mass is 10.3. The van der Waals surface area contributed by atoms with E-state index in [1.54, 1.807) is 17.4 Å². The van der Waals surface area contributed by atoms with Gasteiger partial charge in [-0.1, -0.05) is 13.8 Å². The van der Waals surface area contributed by atoms with Crippen LogP contribution in [0.15, 0.2) is 12.3 Å². The number of hydrogen-bond acceptors (Lipinski definition) is 6. The third-order valence-electron chi connectivity index (χ3n) is 2.76. The summed E-state index contributed by atoms with van der Waals surface area (Å²) in [7, 11) is 0. The van der Waals surface area contributed by atoms with Crippen LogP contribution in [0.25, 0.3) is 0 Å². The number of rotatable bonds is 5. The monoisotopic (exact) mass is 277 g/mol. The Morgan fingerprint density at radius 3 is 2.74 bits per heavy atom. The van der Waals surface area contributed by atoms with E-state index in [9.17, 15) is 0 Å². The van der Waals surface area contributed by atoms with Crippen molar-refractivity contribution < 1.29 is 0 Å². The number of aromatic nitrogens is 3. The van der Waals surface area contributed by atoms with E-state index in [0.29, 0.717) is 5.82 Å². The SMILES string of the molecule is CCc1nc(N)cc(NC(C)c2ncc(CC)s2)n1. The second-order valence-corrected chi connectivity index (χ2v) is 5.48. The van der Waals surface area contributed by atoms with Crippen LogP contribution in [0.2, 0.25) is 0 Å². The summed E-state index contributed by atoms with van der Waals surface area (Å²) in [6.45, 7) is 6.21. The van der Waals surface area contributed by atoms with Gasteiger partial charge in [0, 0.05) is 23.6 Å². The van der Waals surface area contributed by atoms with Gasteiger partial charge in [0.2, 0.25) is 0 Å². The molecule has 6 heteroatoms. The molecule has 1 unspecified atom stereocenters. The van der Waals surface area contributed by atoms with Gasteiger partial charge in [-0.05, 0) is 13.3 Å². The van der Waals surface area contributed by atoms with Crippen LogP contribution in [-0.4, -0.2) is 15.0 Å². The van der Waals surface area contributed by atoms with Gasteiger partial charge in [-0.2, -0.15) is 0 Å². The molecule has 0 aliphatic rings. The molecule has 2 aromatic heterocycles. The van der Waals surface area contributed by atoms with Crippen molar-refractivity contribution in [2.75, 3.05) is 11.1 Å². The summed E-state index contributed by atoms with van der Waals surface area (Å²) in [6, 6.07) is 1.87. The van der Waals surface area contributed by atoms with Crippen LogP contribution in [0, 0.1) is 0 Å². The molecular weight excluding hydrogens is 258 g/mol. The van der Waals surface area contributed by atoms with E-state index in [1.165, 1.54) is 4.88 Å². The fraction of sp³-hybridized carbons (Fsp3) is 0.462. The minimum absolute atomic E-state index is 0.115. The van der Waals surface area contributed by atoms with Gasteiger partial charge in [0.1, 0.15) is 22.5 Å². The summed E-state index contributed by atoms with van der Waals surface area (Å²) < 4.78 is 0. The Morgan fingerprint density at radius 2 is 2.11 bits per heavy atom. The molecule has 0 aliphatic heterocycles. The maximum atomic E-state index is 5.77. The largest absolute Gasteiger partial charge is 0.384 e. The summed E-state index contributed by atoms with van der Waals surface area (Å²) in [4.78, 5) is 14.3. The molecule has 0 radical (unpaired) electrons. The highest BCUT2D eigenvalue weighted by atomic mass is 32.1. The highest BCUT2D eigenvalue weighted by molar-refractivity contribution is 7.11. The highest BCUT2D eigenvalue weighted by Crippen LogP contribution is 2.23. The van der Waals surface area contributed by atoms with Crippen molar-refractivity contribution in [3.63, 3.8) is 0 Å². The maximum Gasteiger partial charge on any atom is 0.132 e. The van der Waals surface area contributed by atoms with E-state index in [2.05, 4.69) is 34.1 Å². The topological polar surface area (TPSA) is 76.7 Å². The van der Waals surface area contributed by atoms with Gasteiger partial charge in [-0.15, -0.1) is 11.3 Å². The summed E-state index contributed by atoms with van der Waals surface area (Å²) in [5.41, 5.74) is 5.77. The quantitative estimate of drug-likeness (QED) is 0.878. The number of nitrogens with zero attached hydrogens (tertiary/aromatic N) is 3. The van der Waals surface area contributed by atoms with Crippen LogP contribution in [0.5, 0.6) is 0 Å². The molecule has 0 saturated carbocycles. The van der Waals surface area contributed by atoms with Crippen LogP contribution >= 0.6 is 11.3 Å². The van der Waals surface area contributed by atoms with Crippen molar-refractivity contribution in [1.29, 1.82) is 0 Å². The zero-order valence-corrected chi connectivity index (χ0v) is 12.3. The maximum absolute atomic E-state index is 5.77. The number of nitrogens with two attached hydrogens (primary N) is 1.